The fraction of sp³-hybridized carbons (Fsp3) is 0.0714. The van der Waals surface area contributed by atoms with E-state index in [1.54, 1.807) is 6.07 Å². The van der Waals surface area contributed by atoms with Crippen molar-refractivity contribution in [3.63, 3.8) is 0 Å². The van der Waals surface area contributed by atoms with Crippen LogP contribution in [0.5, 0.6) is 5.75 Å². The number of rotatable bonds is 4. The number of anilines is 2. The molecule has 0 bridgehead atoms. The zero-order valence-corrected chi connectivity index (χ0v) is 11.5. The molecule has 0 radical (unpaired) electrons. The Morgan fingerprint density at radius 1 is 1.29 bits per heavy atom. The van der Waals surface area contributed by atoms with Gasteiger partial charge in [-0.15, -0.1) is 0 Å². The smallest absolute Gasteiger partial charge is 0.262 e. The van der Waals surface area contributed by atoms with Gasteiger partial charge < -0.3 is 15.8 Å². The fourth-order valence-electron chi connectivity index (χ4n) is 1.56. The molecule has 0 aliphatic heterocycles. The number of ether oxygens (including phenoxy) is 1. The lowest BCUT2D eigenvalue weighted by atomic mass is 10.3. The van der Waals surface area contributed by atoms with Crippen LogP contribution in [0.2, 0.25) is 5.02 Å². The van der Waals surface area contributed by atoms with E-state index in [9.17, 15) is 13.6 Å². The number of benzene rings is 2. The van der Waals surface area contributed by atoms with Gasteiger partial charge in [0.05, 0.1) is 10.7 Å². The monoisotopic (exact) mass is 312 g/mol. The Labute approximate surface area is 124 Å². The summed E-state index contributed by atoms with van der Waals surface area (Å²) in [5.74, 6) is -3.12. The standard InChI is InChI=1S/C14H11ClF2N2O2/c15-9-5-4-8(18)6-11(9)19-13(20)7-21-12-3-1-2-10(16)14(12)17/h1-6H,7,18H2,(H,19,20). The number of hydrogen-bond donors (Lipinski definition) is 2. The molecule has 2 rings (SSSR count). The predicted molar refractivity (Wildman–Crippen MR) is 76.3 cm³/mol. The van der Waals surface area contributed by atoms with Crippen LogP contribution in [0.25, 0.3) is 0 Å². The summed E-state index contributed by atoms with van der Waals surface area (Å²) in [6, 6.07) is 8.04. The molecule has 3 N–H and O–H groups in total. The first-order chi connectivity index (χ1) is 9.97. The van der Waals surface area contributed by atoms with Crippen LogP contribution in [0.3, 0.4) is 0 Å². The third-order valence-electron chi connectivity index (χ3n) is 2.54. The maximum absolute atomic E-state index is 13.3. The summed E-state index contributed by atoms with van der Waals surface area (Å²) in [6.07, 6.45) is 0. The van der Waals surface area contributed by atoms with Crippen molar-refractivity contribution in [2.45, 2.75) is 0 Å². The average Bonchev–Trinajstić information content (AvgIpc) is 2.44. The van der Waals surface area contributed by atoms with Gasteiger partial charge in [0, 0.05) is 5.69 Å². The van der Waals surface area contributed by atoms with Gasteiger partial charge in [0.25, 0.3) is 5.91 Å². The van der Waals surface area contributed by atoms with E-state index in [1.807, 2.05) is 0 Å². The minimum atomic E-state index is -1.15. The van der Waals surface area contributed by atoms with Crippen LogP contribution in [-0.4, -0.2) is 12.5 Å². The van der Waals surface area contributed by atoms with Gasteiger partial charge in [0.1, 0.15) is 0 Å². The first-order valence-electron chi connectivity index (χ1n) is 5.89. The van der Waals surface area contributed by atoms with Gasteiger partial charge in [-0.1, -0.05) is 17.7 Å². The van der Waals surface area contributed by atoms with E-state index >= 15 is 0 Å². The van der Waals surface area contributed by atoms with Crippen LogP contribution in [-0.2, 0) is 4.79 Å². The van der Waals surface area contributed by atoms with E-state index in [2.05, 4.69) is 5.32 Å². The molecule has 2 aromatic rings. The van der Waals surface area contributed by atoms with Crippen LogP contribution in [0.4, 0.5) is 20.2 Å². The van der Waals surface area contributed by atoms with E-state index in [0.717, 1.165) is 6.07 Å². The molecule has 0 saturated carbocycles. The molecule has 0 aromatic heterocycles. The fourth-order valence-corrected chi connectivity index (χ4v) is 1.73. The molecule has 0 spiro atoms. The van der Waals surface area contributed by atoms with E-state index in [4.69, 9.17) is 22.1 Å². The molecule has 1 amide bonds. The zero-order chi connectivity index (χ0) is 15.4. The third kappa shape index (κ3) is 3.82. The van der Waals surface area contributed by atoms with Gasteiger partial charge in [0.15, 0.2) is 18.2 Å². The molecule has 0 unspecified atom stereocenters. The summed E-state index contributed by atoms with van der Waals surface area (Å²) >= 11 is 5.88. The third-order valence-corrected chi connectivity index (χ3v) is 2.87. The van der Waals surface area contributed by atoms with Gasteiger partial charge in [-0.25, -0.2) is 4.39 Å². The molecule has 21 heavy (non-hydrogen) atoms. The second kappa shape index (κ2) is 6.41. The maximum atomic E-state index is 13.3. The number of nitrogen functional groups attached to an aromatic ring is 1. The zero-order valence-electron chi connectivity index (χ0n) is 10.7. The Kier molecular flexibility index (Phi) is 4.59. The molecule has 2 aromatic carbocycles. The van der Waals surface area contributed by atoms with Gasteiger partial charge >= 0.3 is 0 Å². The highest BCUT2D eigenvalue weighted by Crippen LogP contribution is 2.24. The first kappa shape index (κ1) is 15.1. The number of carbonyl (C=O) groups excluding carboxylic acids is 1. The van der Waals surface area contributed by atoms with E-state index in [-0.39, 0.29) is 5.75 Å². The van der Waals surface area contributed by atoms with Crippen LogP contribution in [0.1, 0.15) is 0 Å². The van der Waals surface area contributed by atoms with Crippen molar-refractivity contribution in [2.24, 2.45) is 0 Å². The summed E-state index contributed by atoms with van der Waals surface area (Å²) in [5, 5.41) is 2.76. The molecule has 4 nitrogen and oxygen atoms in total. The maximum Gasteiger partial charge on any atom is 0.262 e. The van der Waals surface area contributed by atoms with Crippen molar-refractivity contribution in [1.29, 1.82) is 0 Å². The highest BCUT2D eigenvalue weighted by molar-refractivity contribution is 6.33. The minimum Gasteiger partial charge on any atom is -0.481 e. The lowest BCUT2D eigenvalue weighted by molar-refractivity contribution is -0.118. The van der Waals surface area contributed by atoms with Gasteiger partial charge in [0.2, 0.25) is 5.82 Å². The van der Waals surface area contributed by atoms with Crippen LogP contribution >= 0.6 is 11.6 Å². The number of amides is 1. The number of nitrogens with two attached hydrogens (primary N) is 1. The summed E-state index contributed by atoms with van der Waals surface area (Å²) in [5.41, 5.74) is 6.31. The van der Waals surface area contributed by atoms with Crippen molar-refractivity contribution in [3.8, 4) is 5.75 Å². The quantitative estimate of drug-likeness (QED) is 0.852. The van der Waals surface area contributed by atoms with Crippen molar-refractivity contribution in [2.75, 3.05) is 17.7 Å². The lowest BCUT2D eigenvalue weighted by Crippen LogP contribution is -2.20. The van der Waals surface area contributed by atoms with Gasteiger partial charge in [-0.3, -0.25) is 4.79 Å². The van der Waals surface area contributed by atoms with Gasteiger partial charge in [-0.05, 0) is 30.3 Å². The topological polar surface area (TPSA) is 64.3 Å². The number of hydrogen-bond acceptors (Lipinski definition) is 3. The lowest BCUT2D eigenvalue weighted by Gasteiger charge is -2.10. The number of nitrogens with one attached hydrogen (secondary N) is 1. The molecule has 0 aliphatic carbocycles. The Bertz CT molecular complexity index is 680. The molecule has 110 valence electrons. The first-order valence-corrected chi connectivity index (χ1v) is 6.27. The minimum absolute atomic E-state index is 0.300. The molecule has 0 heterocycles. The molecule has 0 saturated heterocycles. The Morgan fingerprint density at radius 2 is 2.05 bits per heavy atom. The molecular formula is C14H11ClF2N2O2. The van der Waals surface area contributed by atoms with Crippen molar-refractivity contribution in [1.82, 2.24) is 0 Å². The summed E-state index contributed by atoms with van der Waals surface area (Å²) in [7, 11) is 0. The number of halogens is 3. The summed E-state index contributed by atoms with van der Waals surface area (Å²) in [4.78, 5) is 11.7. The van der Waals surface area contributed by atoms with Crippen LogP contribution < -0.4 is 15.8 Å². The highest BCUT2D eigenvalue weighted by Gasteiger charge is 2.11. The van der Waals surface area contributed by atoms with Gasteiger partial charge in [-0.2, -0.15) is 4.39 Å². The molecule has 7 heteroatoms. The van der Waals surface area contributed by atoms with E-state index < -0.39 is 24.1 Å². The van der Waals surface area contributed by atoms with E-state index in [0.29, 0.717) is 16.4 Å². The van der Waals surface area contributed by atoms with Crippen molar-refractivity contribution in [3.05, 3.63) is 53.1 Å². The Morgan fingerprint density at radius 3 is 2.81 bits per heavy atom. The molecule has 0 atom stereocenters. The SMILES string of the molecule is Nc1ccc(Cl)c(NC(=O)COc2cccc(F)c2F)c1. The molecule has 0 aliphatic rings. The van der Waals surface area contributed by atoms with E-state index in [1.165, 1.54) is 24.3 Å². The molecule has 0 fully saturated rings. The Balaban J connectivity index is 1.99. The average molecular weight is 313 g/mol. The predicted octanol–water partition coefficient (Wildman–Crippen LogP) is 3.22. The highest BCUT2D eigenvalue weighted by atomic mass is 35.5. The second-order valence-electron chi connectivity index (χ2n) is 4.13. The Hall–Kier alpha value is -2.34. The van der Waals surface area contributed by atoms with Crippen molar-refractivity contribution < 1.29 is 18.3 Å². The van der Waals surface area contributed by atoms with Crippen LogP contribution in [0.15, 0.2) is 36.4 Å². The summed E-state index contributed by atoms with van der Waals surface area (Å²) < 4.78 is 31.2. The summed E-state index contributed by atoms with van der Waals surface area (Å²) in [6.45, 7) is -0.495. The van der Waals surface area contributed by atoms with Crippen LogP contribution in [0, 0.1) is 11.6 Å². The molecular weight excluding hydrogens is 302 g/mol. The largest absolute Gasteiger partial charge is 0.481 e. The number of carbonyl (C=O) groups is 1. The van der Waals surface area contributed by atoms with Crippen molar-refractivity contribution >= 4 is 28.9 Å². The second-order valence-corrected chi connectivity index (χ2v) is 4.54. The normalized spacial score (nSPS) is 10.2.